The average molecular weight is 608 g/mol. The Labute approximate surface area is 247 Å². The lowest BCUT2D eigenvalue weighted by Gasteiger charge is -2.14. The number of nitrogens with one attached hydrogen (secondary N) is 2. The molecule has 0 fully saturated rings. The van der Waals surface area contributed by atoms with Crippen molar-refractivity contribution in [2.24, 2.45) is 0 Å². The summed E-state index contributed by atoms with van der Waals surface area (Å²) in [5.74, 6) is -0.152. The molecule has 3 aromatic carbocycles. The first-order chi connectivity index (χ1) is 19.6. The summed E-state index contributed by atoms with van der Waals surface area (Å²) in [5.41, 5.74) is 2.24. The van der Waals surface area contributed by atoms with Gasteiger partial charge in [0.1, 0.15) is 16.4 Å². The van der Waals surface area contributed by atoms with Crippen LogP contribution in [-0.2, 0) is 26.2 Å². The van der Waals surface area contributed by atoms with Crippen molar-refractivity contribution in [1.82, 2.24) is 4.90 Å². The third-order valence-corrected chi connectivity index (χ3v) is 9.02. The molecule has 1 aromatic heterocycles. The summed E-state index contributed by atoms with van der Waals surface area (Å²) in [6, 6.07) is 23.5. The van der Waals surface area contributed by atoms with Crippen LogP contribution in [0, 0.1) is 0 Å². The third-order valence-electron chi connectivity index (χ3n) is 6.30. The summed E-state index contributed by atoms with van der Waals surface area (Å²) in [6.45, 7) is 4.16. The van der Waals surface area contributed by atoms with E-state index in [0.29, 0.717) is 33.0 Å². The van der Waals surface area contributed by atoms with E-state index in [9.17, 15) is 18.0 Å². The van der Waals surface area contributed by atoms with Crippen LogP contribution in [-0.4, -0.2) is 25.1 Å². The fourth-order valence-corrected chi connectivity index (χ4v) is 6.31. The molecule has 2 heterocycles. The summed E-state index contributed by atoms with van der Waals surface area (Å²) < 4.78 is 33.7. The number of carbonyl (C=O) groups is 2. The van der Waals surface area contributed by atoms with Crippen LogP contribution in [0.2, 0.25) is 5.02 Å². The van der Waals surface area contributed by atoms with Crippen LogP contribution in [0.25, 0.3) is 0 Å². The molecule has 0 radical (unpaired) electrons. The van der Waals surface area contributed by atoms with Crippen molar-refractivity contribution in [3.63, 3.8) is 0 Å². The van der Waals surface area contributed by atoms with Gasteiger partial charge in [-0.2, -0.15) is 0 Å². The van der Waals surface area contributed by atoms with Crippen molar-refractivity contribution in [2.45, 2.75) is 36.1 Å². The highest BCUT2D eigenvalue weighted by Crippen LogP contribution is 2.37. The molecule has 0 unspecified atom stereocenters. The second-order valence-electron chi connectivity index (χ2n) is 9.57. The summed E-state index contributed by atoms with van der Waals surface area (Å²) in [6.07, 6.45) is 1.48. The Bertz CT molecular complexity index is 1720. The van der Waals surface area contributed by atoms with E-state index in [1.165, 1.54) is 30.5 Å². The quantitative estimate of drug-likeness (QED) is 0.190. The summed E-state index contributed by atoms with van der Waals surface area (Å²) in [7, 11) is -3.87. The van der Waals surface area contributed by atoms with E-state index < -0.39 is 21.8 Å². The smallest absolute Gasteiger partial charge is 0.278 e. The van der Waals surface area contributed by atoms with Crippen LogP contribution in [0.3, 0.4) is 0 Å². The molecule has 0 bridgehead atoms. The number of nitrogens with zero attached hydrogens (tertiary/aromatic N) is 1. The Morgan fingerprint density at radius 2 is 1.63 bits per heavy atom. The van der Waals surface area contributed by atoms with Crippen molar-refractivity contribution < 1.29 is 22.4 Å². The normalized spacial score (nSPS) is 13.8. The van der Waals surface area contributed by atoms with Gasteiger partial charge in [0.25, 0.3) is 21.8 Å². The first-order valence-electron chi connectivity index (χ1n) is 12.7. The Kier molecular flexibility index (Phi) is 8.25. The van der Waals surface area contributed by atoms with Crippen LogP contribution >= 0.6 is 23.4 Å². The van der Waals surface area contributed by atoms with Crippen LogP contribution < -0.4 is 10.0 Å². The number of anilines is 2. The van der Waals surface area contributed by atoms with Gasteiger partial charge in [-0.1, -0.05) is 55.4 Å². The number of benzene rings is 3. The zero-order chi connectivity index (χ0) is 29.1. The van der Waals surface area contributed by atoms with Gasteiger partial charge < -0.3 is 9.73 Å². The molecule has 0 spiro atoms. The second-order valence-corrected chi connectivity index (χ2v) is 12.8. The van der Waals surface area contributed by atoms with Crippen LogP contribution in [0.15, 0.2) is 116 Å². The number of amides is 2. The summed E-state index contributed by atoms with van der Waals surface area (Å²) in [4.78, 5) is 29.0. The average Bonchev–Trinajstić information content (AvgIpc) is 3.53. The SMILES string of the molecule is CC(C)c1ccc(NC2=C(Sc3cccc(NS(=O)(=O)c4ccc(Cl)cc4)c3)C(=O)N(Cc3ccco3)C2=O)cc1. The highest BCUT2D eigenvalue weighted by molar-refractivity contribution is 8.04. The van der Waals surface area contributed by atoms with Crippen molar-refractivity contribution >= 4 is 56.6 Å². The maximum absolute atomic E-state index is 13.5. The van der Waals surface area contributed by atoms with E-state index in [-0.39, 0.29) is 22.0 Å². The fraction of sp³-hybridized carbons (Fsp3) is 0.133. The number of hydrogen-bond donors (Lipinski definition) is 2. The minimum Gasteiger partial charge on any atom is -0.467 e. The molecule has 11 heteroatoms. The molecule has 1 aliphatic rings. The lowest BCUT2D eigenvalue weighted by molar-refractivity contribution is -0.138. The monoisotopic (exact) mass is 607 g/mol. The molecule has 0 aliphatic carbocycles. The van der Waals surface area contributed by atoms with E-state index in [1.807, 2.05) is 24.3 Å². The predicted octanol–water partition coefficient (Wildman–Crippen LogP) is 6.84. The summed E-state index contributed by atoms with van der Waals surface area (Å²) in [5, 5.41) is 3.56. The van der Waals surface area contributed by atoms with Gasteiger partial charge in [0.05, 0.1) is 17.7 Å². The van der Waals surface area contributed by atoms with Gasteiger partial charge in [-0.15, -0.1) is 0 Å². The number of imide groups is 1. The number of thioether (sulfide) groups is 1. The molecule has 210 valence electrons. The van der Waals surface area contributed by atoms with Gasteiger partial charge in [-0.3, -0.25) is 19.2 Å². The zero-order valence-electron chi connectivity index (χ0n) is 22.1. The molecule has 2 N–H and O–H groups in total. The molecule has 5 rings (SSSR count). The molecule has 0 saturated carbocycles. The molecular weight excluding hydrogens is 582 g/mol. The van der Waals surface area contributed by atoms with Crippen LogP contribution in [0.1, 0.15) is 31.1 Å². The van der Waals surface area contributed by atoms with Crippen LogP contribution in [0.5, 0.6) is 0 Å². The van der Waals surface area contributed by atoms with Crippen molar-refractivity contribution in [1.29, 1.82) is 0 Å². The van der Waals surface area contributed by atoms with E-state index in [0.717, 1.165) is 22.2 Å². The molecule has 41 heavy (non-hydrogen) atoms. The number of halogens is 1. The van der Waals surface area contributed by atoms with E-state index in [1.54, 1.807) is 36.4 Å². The van der Waals surface area contributed by atoms with Crippen LogP contribution in [0.4, 0.5) is 11.4 Å². The number of rotatable bonds is 10. The molecule has 2 amide bonds. The van der Waals surface area contributed by atoms with Gasteiger partial charge >= 0.3 is 0 Å². The van der Waals surface area contributed by atoms with Gasteiger partial charge in [-0.25, -0.2) is 8.42 Å². The van der Waals surface area contributed by atoms with Crippen molar-refractivity contribution in [3.05, 3.63) is 118 Å². The lowest BCUT2D eigenvalue weighted by Crippen LogP contribution is -2.31. The highest BCUT2D eigenvalue weighted by Gasteiger charge is 2.39. The Morgan fingerprint density at radius 3 is 2.29 bits per heavy atom. The Balaban J connectivity index is 1.43. The molecule has 0 saturated heterocycles. The van der Waals surface area contributed by atoms with E-state index in [4.69, 9.17) is 16.0 Å². The molecule has 0 atom stereocenters. The summed E-state index contributed by atoms with van der Waals surface area (Å²) >= 11 is 6.96. The number of carbonyl (C=O) groups excluding carboxylic acids is 2. The topological polar surface area (TPSA) is 109 Å². The Hall–Kier alpha value is -3.99. The Morgan fingerprint density at radius 1 is 0.902 bits per heavy atom. The minimum atomic E-state index is -3.87. The van der Waals surface area contributed by atoms with Crippen molar-refractivity contribution in [3.8, 4) is 0 Å². The number of sulfonamides is 1. The van der Waals surface area contributed by atoms with E-state index >= 15 is 0 Å². The van der Waals surface area contributed by atoms with Gasteiger partial charge in [0.15, 0.2) is 0 Å². The minimum absolute atomic E-state index is 0.0207. The largest absolute Gasteiger partial charge is 0.467 e. The van der Waals surface area contributed by atoms with Gasteiger partial charge in [-0.05, 0) is 78.2 Å². The standard InChI is InChI=1S/C30H26ClN3O5S2/c1-19(2)20-8-12-22(13-9-20)32-27-28(30(36)34(29(27)35)18-24-6-4-16-39-24)40-25-7-3-5-23(17-25)33-41(37,38)26-14-10-21(31)11-15-26/h3-17,19,32-33H,18H2,1-2H3. The zero-order valence-corrected chi connectivity index (χ0v) is 24.5. The van der Waals surface area contributed by atoms with Gasteiger partial charge in [0, 0.05) is 21.3 Å². The van der Waals surface area contributed by atoms with Crippen molar-refractivity contribution in [2.75, 3.05) is 10.0 Å². The maximum atomic E-state index is 13.5. The first-order valence-corrected chi connectivity index (χ1v) is 15.3. The van der Waals surface area contributed by atoms with Gasteiger partial charge in [0.2, 0.25) is 0 Å². The molecule has 1 aliphatic heterocycles. The van der Waals surface area contributed by atoms with E-state index in [2.05, 4.69) is 23.9 Å². The molecular formula is C30H26ClN3O5S2. The third kappa shape index (κ3) is 6.51. The molecule has 8 nitrogen and oxygen atoms in total. The molecule has 4 aromatic rings. The lowest BCUT2D eigenvalue weighted by atomic mass is 10.0. The predicted molar refractivity (Wildman–Crippen MR) is 160 cm³/mol. The maximum Gasteiger partial charge on any atom is 0.278 e. The fourth-order valence-electron chi connectivity index (χ4n) is 4.13. The second kappa shape index (κ2) is 11.9. The first kappa shape index (κ1) is 28.5. The number of furan rings is 1. The number of hydrogen-bond acceptors (Lipinski definition) is 7. The highest BCUT2D eigenvalue weighted by atomic mass is 35.5.